The van der Waals surface area contributed by atoms with Gasteiger partial charge in [0.2, 0.25) is 11.8 Å². The summed E-state index contributed by atoms with van der Waals surface area (Å²) in [5.41, 5.74) is 11.2. The Labute approximate surface area is 174 Å². The Morgan fingerprint density at radius 1 is 1.07 bits per heavy atom. The average Bonchev–Trinajstić information content (AvgIpc) is 3.27. The van der Waals surface area contributed by atoms with Crippen LogP contribution in [0.4, 0.5) is 5.69 Å². The quantitative estimate of drug-likeness (QED) is 0.753. The van der Waals surface area contributed by atoms with E-state index in [0.717, 1.165) is 17.7 Å². The zero-order valence-electron chi connectivity index (χ0n) is 16.6. The minimum atomic E-state index is -0.593. The van der Waals surface area contributed by atoms with Gasteiger partial charge in [0.05, 0.1) is 0 Å². The van der Waals surface area contributed by atoms with Crippen LogP contribution in [0.5, 0.6) is 0 Å². The highest BCUT2D eigenvalue weighted by Gasteiger charge is 2.40. The smallest absolute Gasteiger partial charge is 0.255 e. The van der Waals surface area contributed by atoms with Crippen LogP contribution in [0, 0.1) is 0 Å². The molecule has 1 fully saturated rings. The van der Waals surface area contributed by atoms with E-state index >= 15 is 0 Å². The topological polar surface area (TPSA) is 95.7 Å². The molecule has 0 saturated carbocycles. The summed E-state index contributed by atoms with van der Waals surface area (Å²) in [6.45, 7) is 2.53. The Hall–Kier alpha value is -3.19. The average molecular weight is 404 g/mol. The molecule has 7 nitrogen and oxygen atoms in total. The number of rotatable bonds is 4. The first-order valence-corrected chi connectivity index (χ1v) is 10.4. The van der Waals surface area contributed by atoms with E-state index in [2.05, 4.69) is 28.4 Å². The lowest BCUT2D eigenvalue weighted by Gasteiger charge is -2.29. The number of para-hydroxylation sites is 1. The van der Waals surface area contributed by atoms with Crippen LogP contribution < -0.4 is 16.0 Å². The van der Waals surface area contributed by atoms with E-state index in [1.165, 1.54) is 11.3 Å². The second-order valence-corrected chi connectivity index (χ2v) is 8.22. The second-order valence-electron chi connectivity index (χ2n) is 8.22. The number of nitrogens with two attached hydrogens (primary N) is 1. The molecule has 154 valence electrons. The van der Waals surface area contributed by atoms with Gasteiger partial charge in [-0.25, -0.2) is 0 Å². The molecule has 1 saturated heterocycles. The van der Waals surface area contributed by atoms with Crippen LogP contribution in [-0.4, -0.2) is 41.8 Å². The van der Waals surface area contributed by atoms with Gasteiger partial charge in [0.15, 0.2) is 0 Å². The predicted molar refractivity (Wildman–Crippen MR) is 112 cm³/mol. The molecule has 2 aromatic rings. The Kier molecular flexibility index (Phi) is 4.55. The molecule has 0 aromatic heterocycles. The fourth-order valence-electron chi connectivity index (χ4n) is 4.94. The zero-order valence-corrected chi connectivity index (χ0v) is 16.6. The van der Waals surface area contributed by atoms with Gasteiger partial charge in [0.25, 0.3) is 5.91 Å². The van der Waals surface area contributed by atoms with E-state index in [0.29, 0.717) is 37.5 Å². The minimum absolute atomic E-state index is 0.136. The van der Waals surface area contributed by atoms with Crippen molar-refractivity contribution in [3.63, 3.8) is 0 Å². The number of nitrogens with zero attached hydrogens (tertiary/aromatic N) is 2. The van der Waals surface area contributed by atoms with E-state index in [1.807, 2.05) is 24.3 Å². The SMILES string of the molecule is NCC1CN(Cc2cccc3c2CN(C2CCC(=O)NC2=O)C3=O)c2ccccc21. The molecule has 0 spiro atoms. The molecule has 2 unspecified atom stereocenters. The highest BCUT2D eigenvalue weighted by atomic mass is 16.2. The van der Waals surface area contributed by atoms with Gasteiger partial charge in [0, 0.05) is 49.8 Å². The number of hydrogen-bond donors (Lipinski definition) is 2. The Balaban J connectivity index is 1.42. The summed E-state index contributed by atoms with van der Waals surface area (Å²) in [6.07, 6.45) is 0.631. The number of piperidine rings is 1. The normalized spacial score (nSPS) is 22.9. The van der Waals surface area contributed by atoms with Crippen molar-refractivity contribution in [1.82, 2.24) is 10.2 Å². The standard InChI is InChI=1S/C23H24N4O3/c24-10-15-12-26(19-7-2-1-5-16(15)19)11-14-4-3-6-17-18(14)13-27(23(17)30)20-8-9-21(28)25-22(20)29/h1-7,15,20H,8-13,24H2,(H,25,28,29). The van der Waals surface area contributed by atoms with Crippen LogP contribution in [0.25, 0.3) is 0 Å². The van der Waals surface area contributed by atoms with E-state index in [9.17, 15) is 14.4 Å². The maximum Gasteiger partial charge on any atom is 0.255 e. The van der Waals surface area contributed by atoms with E-state index < -0.39 is 6.04 Å². The molecule has 2 aromatic carbocycles. The predicted octanol–water partition coefficient (Wildman–Crippen LogP) is 1.51. The number of benzene rings is 2. The molecule has 3 amide bonds. The van der Waals surface area contributed by atoms with Gasteiger partial charge >= 0.3 is 0 Å². The van der Waals surface area contributed by atoms with Crippen LogP contribution >= 0.6 is 0 Å². The fraction of sp³-hybridized carbons (Fsp3) is 0.348. The summed E-state index contributed by atoms with van der Waals surface area (Å²) in [6, 6.07) is 13.5. The molecule has 7 heteroatoms. The number of imide groups is 1. The van der Waals surface area contributed by atoms with Crippen LogP contribution in [0.3, 0.4) is 0 Å². The number of carbonyl (C=O) groups excluding carboxylic acids is 3. The first kappa shape index (κ1) is 18.8. The van der Waals surface area contributed by atoms with Crippen molar-refractivity contribution in [1.29, 1.82) is 0 Å². The molecule has 0 aliphatic carbocycles. The number of amides is 3. The summed E-state index contributed by atoms with van der Waals surface area (Å²) in [4.78, 5) is 40.8. The van der Waals surface area contributed by atoms with Gasteiger partial charge in [0.1, 0.15) is 6.04 Å². The van der Waals surface area contributed by atoms with Gasteiger partial charge in [-0.3, -0.25) is 19.7 Å². The lowest BCUT2D eigenvalue weighted by Crippen LogP contribution is -2.52. The molecule has 3 aliphatic rings. The maximum atomic E-state index is 13.0. The molecule has 3 aliphatic heterocycles. The van der Waals surface area contributed by atoms with Gasteiger partial charge in [-0.2, -0.15) is 0 Å². The third kappa shape index (κ3) is 2.97. The third-order valence-electron chi connectivity index (χ3n) is 6.48. The van der Waals surface area contributed by atoms with Crippen molar-refractivity contribution < 1.29 is 14.4 Å². The van der Waals surface area contributed by atoms with Crippen molar-refractivity contribution in [2.24, 2.45) is 5.73 Å². The van der Waals surface area contributed by atoms with Crippen molar-refractivity contribution in [3.8, 4) is 0 Å². The highest BCUT2D eigenvalue weighted by molar-refractivity contribution is 6.05. The Bertz CT molecular complexity index is 1050. The molecule has 3 heterocycles. The van der Waals surface area contributed by atoms with Crippen LogP contribution in [0.1, 0.15) is 45.8 Å². The highest BCUT2D eigenvalue weighted by Crippen LogP contribution is 2.38. The summed E-state index contributed by atoms with van der Waals surface area (Å²) >= 11 is 0. The van der Waals surface area contributed by atoms with Crippen LogP contribution in [0.2, 0.25) is 0 Å². The number of fused-ring (bicyclic) bond motifs is 2. The largest absolute Gasteiger partial charge is 0.366 e. The maximum absolute atomic E-state index is 13.0. The van der Waals surface area contributed by atoms with Gasteiger partial charge in [-0.15, -0.1) is 0 Å². The van der Waals surface area contributed by atoms with E-state index in [4.69, 9.17) is 5.73 Å². The number of nitrogens with one attached hydrogen (secondary N) is 1. The molecule has 3 N–H and O–H groups in total. The fourth-order valence-corrected chi connectivity index (χ4v) is 4.94. The monoisotopic (exact) mass is 404 g/mol. The van der Waals surface area contributed by atoms with E-state index in [-0.39, 0.29) is 24.1 Å². The third-order valence-corrected chi connectivity index (χ3v) is 6.48. The zero-order chi connectivity index (χ0) is 20.8. The molecule has 5 rings (SSSR count). The Morgan fingerprint density at radius 3 is 2.70 bits per heavy atom. The molecular weight excluding hydrogens is 380 g/mol. The summed E-state index contributed by atoms with van der Waals surface area (Å²) in [7, 11) is 0. The molecule has 2 atom stereocenters. The second kappa shape index (κ2) is 7.25. The summed E-state index contributed by atoms with van der Waals surface area (Å²) in [5, 5.41) is 2.36. The van der Waals surface area contributed by atoms with Crippen LogP contribution in [0.15, 0.2) is 42.5 Å². The summed E-state index contributed by atoms with van der Waals surface area (Å²) in [5.74, 6) is -0.487. The van der Waals surface area contributed by atoms with Crippen molar-refractivity contribution >= 4 is 23.4 Å². The first-order chi connectivity index (χ1) is 14.6. The molecule has 0 radical (unpaired) electrons. The van der Waals surface area contributed by atoms with Crippen molar-refractivity contribution in [2.45, 2.75) is 37.9 Å². The number of hydrogen-bond acceptors (Lipinski definition) is 5. The molecule has 0 bridgehead atoms. The number of anilines is 1. The molecule has 30 heavy (non-hydrogen) atoms. The number of carbonyl (C=O) groups is 3. The first-order valence-electron chi connectivity index (χ1n) is 10.4. The molecular formula is C23H24N4O3. The minimum Gasteiger partial charge on any atom is -0.366 e. The van der Waals surface area contributed by atoms with Gasteiger partial charge in [-0.05, 0) is 35.2 Å². The van der Waals surface area contributed by atoms with Gasteiger partial charge in [-0.1, -0.05) is 30.3 Å². The van der Waals surface area contributed by atoms with Gasteiger partial charge < -0.3 is 15.5 Å². The van der Waals surface area contributed by atoms with Crippen molar-refractivity contribution in [3.05, 3.63) is 64.7 Å². The lowest BCUT2D eigenvalue weighted by atomic mass is 10.0. The van der Waals surface area contributed by atoms with E-state index in [1.54, 1.807) is 4.90 Å². The van der Waals surface area contributed by atoms with Crippen LogP contribution in [-0.2, 0) is 22.7 Å². The Morgan fingerprint density at radius 2 is 1.90 bits per heavy atom. The van der Waals surface area contributed by atoms with Crippen molar-refractivity contribution in [2.75, 3.05) is 18.0 Å². The summed E-state index contributed by atoms with van der Waals surface area (Å²) < 4.78 is 0. The lowest BCUT2D eigenvalue weighted by molar-refractivity contribution is -0.136.